The topological polar surface area (TPSA) is 63.7 Å². The average molecular weight is 403 g/mol. The Morgan fingerprint density at radius 1 is 0.933 bits per heavy atom. The number of nitrogens with zero attached hydrogens (tertiary/aromatic N) is 1. The Morgan fingerprint density at radius 3 is 2.27 bits per heavy atom. The van der Waals surface area contributed by atoms with Crippen LogP contribution in [0.4, 0.5) is 10.1 Å². The molecule has 3 fully saturated rings. The Morgan fingerprint density at radius 2 is 1.60 bits per heavy atom. The molecule has 0 spiro atoms. The van der Waals surface area contributed by atoms with Crippen LogP contribution in [0.15, 0.2) is 60.7 Å². The van der Waals surface area contributed by atoms with Crippen molar-refractivity contribution >= 4 is 23.5 Å². The molecule has 6 atom stereocenters. The molecule has 1 saturated heterocycles. The van der Waals surface area contributed by atoms with Crippen LogP contribution in [0.25, 0.3) is 0 Å². The predicted octanol–water partition coefficient (Wildman–Crippen LogP) is 3.60. The largest absolute Gasteiger partial charge is 0.423 e. The molecule has 5 nitrogen and oxygen atoms in total. The highest BCUT2D eigenvalue weighted by atomic mass is 19.1. The van der Waals surface area contributed by atoms with E-state index in [0.717, 1.165) is 6.42 Å². The van der Waals surface area contributed by atoms with Gasteiger partial charge in [0, 0.05) is 6.07 Å². The predicted molar refractivity (Wildman–Crippen MR) is 105 cm³/mol. The van der Waals surface area contributed by atoms with Crippen molar-refractivity contribution in [3.8, 4) is 5.75 Å². The second-order valence-corrected chi connectivity index (χ2v) is 8.53. The molecular formula is C24H18FNO4. The number of hydrogen-bond acceptors (Lipinski definition) is 4. The van der Waals surface area contributed by atoms with Crippen LogP contribution >= 0.6 is 0 Å². The first-order valence-electron chi connectivity index (χ1n) is 10.2. The van der Waals surface area contributed by atoms with Crippen LogP contribution in [-0.2, 0) is 9.59 Å². The first-order valence-corrected chi connectivity index (χ1v) is 10.2. The summed E-state index contributed by atoms with van der Waals surface area (Å²) in [5, 5.41) is 0. The normalized spacial score (nSPS) is 32.8. The van der Waals surface area contributed by atoms with Gasteiger partial charge in [0.05, 0.1) is 23.1 Å². The van der Waals surface area contributed by atoms with E-state index < -0.39 is 11.8 Å². The summed E-state index contributed by atoms with van der Waals surface area (Å²) in [4.78, 5) is 40.0. The molecule has 2 saturated carbocycles. The van der Waals surface area contributed by atoms with E-state index in [4.69, 9.17) is 4.74 Å². The third-order valence-electron chi connectivity index (χ3n) is 7.04. The summed E-state index contributed by atoms with van der Waals surface area (Å²) in [7, 11) is 0. The Hall–Kier alpha value is -3.28. The number of hydrogen-bond donors (Lipinski definition) is 0. The van der Waals surface area contributed by atoms with Crippen LogP contribution in [0.2, 0.25) is 0 Å². The molecule has 30 heavy (non-hydrogen) atoms. The quantitative estimate of drug-likeness (QED) is 0.340. The highest BCUT2D eigenvalue weighted by molar-refractivity contribution is 6.22. The molecule has 0 radical (unpaired) electrons. The molecule has 6 heteroatoms. The van der Waals surface area contributed by atoms with Crippen molar-refractivity contribution in [2.24, 2.45) is 35.5 Å². The van der Waals surface area contributed by atoms with E-state index in [1.165, 1.54) is 29.2 Å². The zero-order valence-corrected chi connectivity index (χ0v) is 15.9. The summed E-state index contributed by atoms with van der Waals surface area (Å²) in [5.41, 5.74) is 0.204. The van der Waals surface area contributed by atoms with Crippen LogP contribution in [0, 0.1) is 41.3 Å². The van der Waals surface area contributed by atoms with E-state index in [9.17, 15) is 18.8 Å². The second kappa shape index (κ2) is 6.11. The van der Waals surface area contributed by atoms with E-state index in [1.807, 2.05) is 0 Å². The fourth-order valence-corrected chi connectivity index (χ4v) is 5.69. The molecule has 1 heterocycles. The van der Waals surface area contributed by atoms with Gasteiger partial charge in [-0.05, 0) is 54.4 Å². The number of allylic oxidation sites excluding steroid dienone is 2. The van der Waals surface area contributed by atoms with Crippen molar-refractivity contribution < 1.29 is 23.5 Å². The van der Waals surface area contributed by atoms with Crippen LogP contribution < -0.4 is 9.64 Å². The number of carbonyl (C=O) groups is 3. The van der Waals surface area contributed by atoms with Crippen molar-refractivity contribution in [3.05, 3.63) is 72.1 Å². The number of amides is 2. The van der Waals surface area contributed by atoms with Gasteiger partial charge in [0.2, 0.25) is 11.8 Å². The molecular weight excluding hydrogens is 385 g/mol. The average Bonchev–Trinajstić information content (AvgIpc) is 3.52. The lowest BCUT2D eigenvalue weighted by Crippen LogP contribution is -2.40. The molecule has 2 aromatic carbocycles. The van der Waals surface area contributed by atoms with Gasteiger partial charge < -0.3 is 4.74 Å². The molecule has 5 aliphatic rings. The van der Waals surface area contributed by atoms with Gasteiger partial charge in [-0.1, -0.05) is 30.4 Å². The highest BCUT2D eigenvalue weighted by Crippen LogP contribution is 2.65. The Kier molecular flexibility index (Phi) is 3.58. The molecule has 2 amide bonds. The molecule has 0 aromatic heterocycles. The number of imide groups is 1. The van der Waals surface area contributed by atoms with Crippen LogP contribution in [0.3, 0.4) is 0 Å². The number of ether oxygens (including phenoxy) is 1. The summed E-state index contributed by atoms with van der Waals surface area (Å²) in [5.74, 6) is -0.921. The number of rotatable bonds is 3. The second-order valence-electron chi connectivity index (χ2n) is 8.53. The van der Waals surface area contributed by atoms with E-state index >= 15 is 0 Å². The Balaban J connectivity index is 1.29. The summed E-state index contributed by atoms with van der Waals surface area (Å²) >= 11 is 0. The summed E-state index contributed by atoms with van der Waals surface area (Å²) in [6.07, 6.45) is 5.36. The van der Waals surface area contributed by atoms with Crippen LogP contribution in [0.5, 0.6) is 5.75 Å². The summed E-state index contributed by atoms with van der Waals surface area (Å²) in [6, 6.07) is 11.9. The molecule has 150 valence electrons. The van der Waals surface area contributed by atoms with Crippen molar-refractivity contribution in [1.29, 1.82) is 0 Å². The Bertz CT molecular complexity index is 1110. The van der Waals surface area contributed by atoms with E-state index in [0.29, 0.717) is 17.5 Å². The lowest BCUT2D eigenvalue weighted by atomic mass is 9.63. The first kappa shape index (κ1) is 17.6. The van der Waals surface area contributed by atoms with E-state index in [-0.39, 0.29) is 46.8 Å². The lowest BCUT2D eigenvalue weighted by molar-refractivity contribution is -0.124. The van der Waals surface area contributed by atoms with Gasteiger partial charge in [0.1, 0.15) is 11.6 Å². The molecule has 1 aliphatic heterocycles. The van der Waals surface area contributed by atoms with Gasteiger partial charge in [0.15, 0.2) is 0 Å². The lowest BCUT2D eigenvalue weighted by Gasteiger charge is -2.37. The molecule has 4 aliphatic carbocycles. The number of halogens is 1. The SMILES string of the molecule is O=C(Oc1cccc(N2C(=O)[C@@H]3[C@H]4C=C[C@@H]([C@@H]5C[C@H]45)[C@@H]3C2=O)c1)c1ccccc1F. The molecule has 0 N–H and O–H groups in total. The maximum Gasteiger partial charge on any atom is 0.346 e. The van der Waals surface area contributed by atoms with Gasteiger partial charge >= 0.3 is 5.97 Å². The maximum absolute atomic E-state index is 13.9. The number of esters is 1. The van der Waals surface area contributed by atoms with Gasteiger partial charge in [-0.15, -0.1) is 0 Å². The highest BCUT2D eigenvalue weighted by Gasteiger charge is 2.67. The molecule has 2 aromatic rings. The van der Waals surface area contributed by atoms with Crippen molar-refractivity contribution in [3.63, 3.8) is 0 Å². The van der Waals surface area contributed by atoms with Crippen molar-refractivity contribution in [2.45, 2.75) is 6.42 Å². The van der Waals surface area contributed by atoms with Crippen molar-refractivity contribution in [1.82, 2.24) is 0 Å². The van der Waals surface area contributed by atoms with Crippen molar-refractivity contribution in [2.75, 3.05) is 4.90 Å². The third kappa shape index (κ3) is 2.36. The molecule has 0 unspecified atom stereocenters. The van der Waals surface area contributed by atoms with Gasteiger partial charge in [-0.2, -0.15) is 0 Å². The standard InChI is InChI=1S/C24H18FNO4/c25-19-7-2-1-6-16(19)24(29)30-13-5-3-4-12(10-13)26-22(27)20-14-8-9-15(18-11-17(14)18)21(20)23(26)28/h1-10,14-15,17-18,20-21H,11H2/t14-,15-,17-,18+,20-,21+/m0/s1. The zero-order chi connectivity index (χ0) is 20.6. The molecule has 7 rings (SSSR count). The monoisotopic (exact) mass is 403 g/mol. The smallest absolute Gasteiger partial charge is 0.346 e. The van der Waals surface area contributed by atoms with Gasteiger partial charge in [-0.25, -0.2) is 14.1 Å². The summed E-state index contributed by atoms with van der Waals surface area (Å²) in [6.45, 7) is 0. The summed E-state index contributed by atoms with van der Waals surface area (Å²) < 4.78 is 19.2. The minimum absolute atomic E-state index is 0.147. The van der Waals surface area contributed by atoms with E-state index in [2.05, 4.69) is 12.2 Å². The van der Waals surface area contributed by atoms with Gasteiger partial charge in [-0.3, -0.25) is 9.59 Å². The minimum Gasteiger partial charge on any atom is -0.423 e. The Labute approximate surface area is 172 Å². The fourth-order valence-electron chi connectivity index (χ4n) is 5.69. The van der Waals surface area contributed by atoms with E-state index in [1.54, 1.807) is 24.3 Å². The van der Waals surface area contributed by atoms with Crippen LogP contribution in [-0.4, -0.2) is 17.8 Å². The number of anilines is 1. The molecule has 2 bridgehead atoms. The van der Waals surface area contributed by atoms with Gasteiger partial charge in [0.25, 0.3) is 0 Å². The minimum atomic E-state index is -0.833. The number of benzene rings is 2. The maximum atomic E-state index is 13.9. The third-order valence-corrected chi connectivity index (χ3v) is 7.04. The zero-order valence-electron chi connectivity index (χ0n) is 15.9. The van der Waals surface area contributed by atoms with Crippen LogP contribution in [0.1, 0.15) is 16.8 Å². The fraction of sp³-hybridized carbons (Fsp3) is 0.292. The first-order chi connectivity index (χ1) is 14.5. The number of carbonyl (C=O) groups excluding carboxylic acids is 3.